The Hall–Kier alpha value is -2.63. The first-order valence-corrected chi connectivity index (χ1v) is 9.18. The molecule has 6 heteroatoms. The summed E-state index contributed by atoms with van der Waals surface area (Å²) in [6, 6.07) is 7.51. The maximum absolute atomic E-state index is 12.6. The lowest BCUT2D eigenvalue weighted by Crippen LogP contribution is -2.41. The minimum absolute atomic E-state index is 0.0688. The molecule has 1 saturated heterocycles. The highest BCUT2D eigenvalue weighted by Gasteiger charge is 2.58. The van der Waals surface area contributed by atoms with Crippen LogP contribution in [0.15, 0.2) is 36.4 Å². The van der Waals surface area contributed by atoms with Crippen molar-refractivity contribution in [2.75, 3.05) is 19.7 Å². The predicted octanol–water partition coefficient (Wildman–Crippen LogP) is 1.09. The number of rotatable bonds is 4. The number of carbonyl (C=O) groups excluding carboxylic acids is 3. The van der Waals surface area contributed by atoms with E-state index in [4.69, 9.17) is 4.74 Å². The molecule has 5 rings (SSSR count). The van der Waals surface area contributed by atoms with E-state index in [1.807, 2.05) is 24.3 Å². The fraction of sp³-hybridized carbons (Fsp3) is 0.450. The van der Waals surface area contributed by atoms with Gasteiger partial charge in [0.05, 0.1) is 11.8 Å². The van der Waals surface area contributed by atoms with E-state index in [0.29, 0.717) is 6.61 Å². The minimum atomic E-state index is -0.337. The molecule has 4 aliphatic rings. The van der Waals surface area contributed by atoms with Crippen molar-refractivity contribution in [1.29, 1.82) is 0 Å². The molecule has 1 saturated carbocycles. The number of nitrogens with one attached hydrogen (secondary N) is 1. The van der Waals surface area contributed by atoms with Gasteiger partial charge < -0.3 is 10.1 Å². The third-order valence-electron chi connectivity index (χ3n) is 6.21. The Morgan fingerprint density at radius 1 is 1.12 bits per heavy atom. The zero-order valence-electron chi connectivity index (χ0n) is 14.3. The molecule has 134 valence electrons. The van der Waals surface area contributed by atoms with Gasteiger partial charge in [0.2, 0.25) is 17.7 Å². The summed E-state index contributed by atoms with van der Waals surface area (Å²) in [4.78, 5) is 39.1. The summed E-state index contributed by atoms with van der Waals surface area (Å²) in [5, 5.41) is 2.86. The molecule has 6 nitrogen and oxygen atoms in total. The van der Waals surface area contributed by atoms with Gasteiger partial charge in [-0.2, -0.15) is 0 Å². The van der Waals surface area contributed by atoms with Gasteiger partial charge >= 0.3 is 0 Å². The third kappa shape index (κ3) is 2.14. The Kier molecular flexibility index (Phi) is 3.42. The monoisotopic (exact) mass is 352 g/mol. The van der Waals surface area contributed by atoms with Crippen molar-refractivity contribution in [3.8, 4) is 5.75 Å². The summed E-state index contributed by atoms with van der Waals surface area (Å²) in [6.45, 7) is 0.841. The molecule has 2 aliphatic carbocycles. The number of fused-ring (bicyclic) bond motifs is 6. The summed E-state index contributed by atoms with van der Waals surface area (Å²) < 4.78 is 5.54. The molecule has 0 aromatic heterocycles. The lowest BCUT2D eigenvalue weighted by atomic mass is 9.85. The van der Waals surface area contributed by atoms with Crippen molar-refractivity contribution in [2.45, 2.75) is 12.3 Å². The molecule has 2 bridgehead atoms. The normalized spacial score (nSPS) is 33.4. The molecule has 5 atom stereocenters. The minimum Gasteiger partial charge on any atom is -0.492 e. The number of likely N-dealkylation sites (tertiary alicyclic amines) is 1. The summed E-state index contributed by atoms with van der Waals surface area (Å²) in [5.74, 6) is 0.217. The SMILES string of the molecule is O=C(NCCN1C(=O)[C@H]2[C@H](C1=O)[C@H]1C=C[C@H]2C1)[C@@H]1COc2ccccc21. The van der Waals surface area contributed by atoms with E-state index < -0.39 is 0 Å². The molecule has 2 heterocycles. The molecular formula is C20H20N2O4. The summed E-state index contributed by atoms with van der Waals surface area (Å²) in [5.41, 5.74) is 0.885. The summed E-state index contributed by atoms with van der Waals surface area (Å²) in [6.07, 6.45) is 5.10. The maximum atomic E-state index is 12.6. The van der Waals surface area contributed by atoms with Crippen LogP contribution in [0.2, 0.25) is 0 Å². The second-order valence-corrected chi connectivity index (χ2v) is 7.52. The van der Waals surface area contributed by atoms with Gasteiger partial charge in [0.1, 0.15) is 18.3 Å². The number of hydrogen-bond donors (Lipinski definition) is 1. The van der Waals surface area contributed by atoms with Gasteiger partial charge in [-0.05, 0) is 24.3 Å². The standard InChI is InChI=1S/C20H20N2O4/c23-18(14-10-26-15-4-2-1-3-13(14)15)21-7-8-22-19(24)16-11-5-6-12(9-11)17(16)20(22)25/h1-6,11-12,14,16-17H,7-10H2,(H,21,23)/t11-,12-,14+,16+,17+/m0/s1. The predicted molar refractivity (Wildman–Crippen MR) is 92.1 cm³/mol. The van der Waals surface area contributed by atoms with Crippen molar-refractivity contribution in [3.63, 3.8) is 0 Å². The van der Waals surface area contributed by atoms with Crippen LogP contribution >= 0.6 is 0 Å². The highest BCUT2D eigenvalue weighted by atomic mass is 16.5. The number of amides is 3. The number of nitrogens with zero attached hydrogens (tertiary/aromatic N) is 1. The van der Waals surface area contributed by atoms with E-state index in [0.717, 1.165) is 17.7 Å². The Morgan fingerprint density at radius 2 is 1.81 bits per heavy atom. The second kappa shape index (κ2) is 5.69. The molecule has 2 aliphatic heterocycles. The van der Waals surface area contributed by atoms with Gasteiger partial charge in [0.25, 0.3) is 0 Å². The Morgan fingerprint density at radius 3 is 2.54 bits per heavy atom. The van der Waals surface area contributed by atoms with Crippen molar-refractivity contribution in [1.82, 2.24) is 10.2 Å². The lowest BCUT2D eigenvalue weighted by molar-refractivity contribution is -0.141. The van der Waals surface area contributed by atoms with Crippen LogP contribution in [0, 0.1) is 23.7 Å². The number of para-hydroxylation sites is 1. The highest BCUT2D eigenvalue weighted by Crippen LogP contribution is 2.52. The van der Waals surface area contributed by atoms with Crippen LogP contribution in [-0.2, 0) is 14.4 Å². The Balaban J connectivity index is 1.20. The van der Waals surface area contributed by atoms with Crippen LogP contribution in [0.1, 0.15) is 17.9 Å². The number of carbonyl (C=O) groups is 3. The largest absolute Gasteiger partial charge is 0.492 e. The average molecular weight is 352 g/mol. The van der Waals surface area contributed by atoms with Gasteiger partial charge in [0.15, 0.2) is 0 Å². The van der Waals surface area contributed by atoms with Crippen LogP contribution in [0.4, 0.5) is 0 Å². The van der Waals surface area contributed by atoms with Gasteiger partial charge in [0, 0.05) is 18.7 Å². The van der Waals surface area contributed by atoms with Crippen LogP contribution in [-0.4, -0.2) is 42.3 Å². The van der Waals surface area contributed by atoms with Crippen molar-refractivity contribution >= 4 is 17.7 Å². The van der Waals surface area contributed by atoms with Gasteiger partial charge in [-0.3, -0.25) is 19.3 Å². The van der Waals surface area contributed by atoms with E-state index in [1.54, 1.807) is 0 Å². The summed E-state index contributed by atoms with van der Waals surface area (Å²) in [7, 11) is 0. The molecule has 2 fully saturated rings. The second-order valence-electron chi connectivity index (χ2n) is 7.52. The fourth-order valence-electron chi connectivity index (χ4n) is 4.98. The molecule has 0 radical (unpaired) electrons. The quantitative estimate of drug-likeness (QED) is 0.650. The topological polar surface area (TPSA) is 75.7 Å². The van der Waals surface area contributed by atoms with E-state index >= 15 is 0 Å². The van der Waals surface area contributed by atoms with Crippen molar-refractivity contribution < 1.29 is 19.1 Å². The molecule has 0 unspecified atom stereocenters. The first-order chi connectivity index (χ1) is 12.6. The van der Waals surface area contributed by atoms with Crippen LogP contribution < -0.4 is 10.1 Å². The highest BCUT2D eigenvalue weighted by molar-refractivity contribution is 6.06. The number of imide groups is 1. The lowest BCUT2D eigenvalue weighted by Gasteiger charge is -2.18. The number of benzene rings is 1. The Labute approximate surface area is 151 Å². The summed E-state index contributed by atoms with van der Waals surface area (Å²) >= 11 is 0. The number of allylic oxidation sites excluding steroid dienone is 2. The van der Waals surface area contributed by atoms with Crippen molar-refractivity contribution in [3.05, 3.63) is 42.0 Å². The van der Waals surface area contributed by atoms with Crippen LogP contribution in [0.3, 0.4) is 0 Å². The fourth-order valence-corrected chi connectivity index (χ4v) is 4.98. The average Bonchev–Trinajstić information content (AvgIpc) is 3.40. The molecular weight excluding hydrogens is 332 g/mol. The van der Waals surface area contributed by atoms with E-state index in [-0.39, 0.29) is 60.4 Å². The number of ether oxygens (including phenoxy) is 1. The van der Waals surface area contributed by atoms with Gasteiger partial charge in [-0.15, -0.1) is 0 Å². The third-order valence-corrected chi connectivity index (χ3v) is 6.21. The van der Waals surface area contributed by atoms with Gasteiger partial charge in [-0.1, -0.05) is 30.4 Å². The molecule has 1 aromatic rings. The number of hydrogen-bond acceptors (Lipinski definition) is 4. The van der Waals surface area contributed by atoms with E-state index in [2.05, 4.69) is 17.5 Å². The molecule has 1 N–H and O–H groups in total. The van der Waals surface area contributed by atoms with E-state index in [9.17, 15) is 14.4 Å². The molecule has 26 heavy (non-hydrogen) atoms. The van der Waals surface area contributed by atoms with Crippen LogP contribution in [0.5, 0.6) is 5.75 Å². The smallest absolute Gasteiger partial charge is 0.233 e. The van der Waals surface area contributed by atoms with Crippen molar-refractivity contribution in [2.24, 2.45) is 23.7 Å². The molecule has 0 spiro atoms. The zero-order valence-corrected chi connectivity index (χ0v) is 14.3. The zero-order chi connectivity index (χ0) is 17.8. The van der Waals surface area contributed by atoms with Gasteiger partial charge in [-0.25, -0.2) is 0 Å². The van der Waals surface area contributed by atoms with E-state index in [1.165, 1.54) is 4.90 Å². The van der Waals surface area contributed by atoms with Crippen LogP contribution in [0.25, 0.3) is 0 Å². The molecule has 1 aromatic carbocycles. The molecule has 3 amide bonds. The first kappa shape index (κ1) is 15.6. The Bertz CT molecular complexity index is 803. The first-order valence-electron chi connectivity index (χ1n) is 9.18. The maximum Gasteiger partial charge on any atom is 0.233 e.